The van der Waals surface area contributed by atoms with E-state index in [1.54, 1.807) is 37.3 Å². The third-order valence-corrected chi connectivity index (χ3v) is 6.28. The number of urea groups is 1. The zero-order valence-corrected chi connectivity index (χ0v) is 18.1. The van der Waals surface area contributed by atoms with Gasteiger partial charge >= 0.3 is 6.03 Å². The molecule has 166 valence electrons. The maximum Gasteiger partial charge on any atom is 0.325 e. The SMILES string of the molecule is CCC1(c2ccc(Cl)cc2)NC(=O)N(CC(=O)N2CCCc3cc([N+](=O)[O-])ccc32)C1=O. The number of imide groups is 1. The van der Waals surface area contributed by atoms with Gasteiger partial charge in [-0.25, -0.2) is 4.79 Å². The summed E-state index contributed by atoms with van der Waals surface area (Å²) in [5.74, 6) is -0.923. The number of amides is 4. The van der Waals surface area contributed by atoms with Crippen molar-refractivity contribution in [1.29, 1.82) is 0 Å². The lowest BCUT2D eigenvalue weighted by molar-refractivity contribution is -0.384. The average molecular weight is 457 g/mol. The number of non-ortho nitro benzene ring substituents is 1. The first kappa shape index (κ1) is 21.8. The van der Waals surface area contributed by atoms with Gasteiger partial charge in [-0.05, 0) is 48.6 Å². The van der Waals surface area contributed by atoms with Gasteiger partial charge in [0.1, 0.15) is 12.1 Å². The van der Waals surface area contributed by atoms with E-state index in [0.29, 0.717) is 47.6 Å². The molecule has 1 atom stereocenters. The Balaban J connectivity index is 1.58. The zero-order valence-electron chi connectivity index (χ0n) is 17.3. The zero-order chi connectivity index (χ0) is 23.0. The van der Waals surface area contributed by atoms with E-state index in [2.05, 4.69) is 5.32 Å². The van der Waals surface area contributed by atoms with E-state index in [0.717, 1.165) is 4.90 Å². The van der Waals surface area contributed by atoms with Crippen LogP contribution >= 0.6 is 11.6 Å². The van der Waals surface area contributed by atoms with Crippen molar-refractivity contribution >= 4 is 40.8 Å². The smallest absolute Gasteiger partial charge is 0.319 e. The number of nitrogens with one attached hydrogen (secondary N) is 1. The fraction of sp³-hybridized carbons (Fsp3) is 0.318. The van der Waals surface area contributed by atoms with Crippen LogP contribution in [-0.2, 0) is 21.5 Å². The molecule has 0 aliphatic carbocycles. The summed E-state index contributed by atoms with van der Waals surface area (Å²) in [6.45, 7) is 1.77. The van der Waals surface area contributed by atoms with Gasteiger partial charge in [-0.3, -0.25) is 24.6 Å². The molecule has 4 rings (SSSR count). The molecule has 32 heavy (non-hydrogen) atoms. The fourth-order valence-electron chi connectivity index (χ4n) is 4.32. The third-order valence-electron chi connectivity index (χ3n) is 6.03. The fourth-order valence-corrected chi connectivity index (χ4v) is 4.45. The van der Waals surface area contributed by atoms with E-state index in [1.807, 2.05) is 0 Å². The van der Waals surface area contributed by atoms with Crippen molar-refractivity contribution in [2.45, 2.75) is 31.7 Å². The van der Waals surface area contributed by atoms with Crippen molar-refractivity contribution < 1.29 is 19.3 Å². The highest BCUT2D eigenvalue weighted by atomic mass is 35.5. The topological polar surface area (TPSA) is 113 Å². The van der Waals surface area contributed by atoms with E-state index in [1.165, 1.54) is 17.0 Å². The second-order valence-electron chi connectivity index (χ2n) is 7.81. The maximum atomic E-state index is 13.3. The van der Waals surface area contributed by atoms with Crippen LogP contribution in [0.2, 0.25) is 5.02 Å². The molecule has 2 aromatic carbocycles. The average Bonchev–Trinajstić information content (AvgIpc) is 3.03. The quantitative estimate of drug-likeness (QED) is 0.421. The van der Waals surface area contributed by atoms with Gasteiger partial charge < -0.3 is 10.2 Å². The van der Waals surface area contributed by atoms with Gasteiger partial charge in [0.25, 0.3) is 11.6 Å². The summed E-state index contributed by atoms with van der Waals surface area (Å²) in [4.78, 5) is 52.1. The third kappa shape index (κ3) is 3.58. The van der Waals surface area contributed by atoms with Crippen molar-refractivity contribution in [2.24, 2.45) is 0 Å². The second-order valence-corrected chi connectivity index (χ2v) is 8.24. The van der Waals surface area contributed by atoms with Crippen LogP contribution < -0.4 is 10.2 Å². The predicted octanol–water partition coefficient (Wildman–Crippen LogP) is 3.38. The van der Waals surface area contributed by atoms with Gasteiger partial charge in [-0.1, -0.05) is 30.7 Å². The number of nitrogens with zero attached hydrogens (tertiary/aromatic N) is 3. The lowest BCUT2D eigenvalue weighted by Gasteiger charge is -2.30. The monoisotopic (exact) mass is 456 g/mol. The minimum absolute atomic E-state index is 0.0390. The number of nitro benzene ring substituents is 1. The molecular formula is C22H21ClN4O5. The minimum atomic E-state index is -1.26. The highest BCUT2D eigenvalue weighted by Gasteiger charge is 2.52. The molecule has 1 saturated heterocycles. The molecule has 0 spiro atoms. The molecule has 0 radical (unpaired) electrons. The van der Waals surface area contributed by atoms with E-state index >= 15 is 0 Å². The van der Waals surface area contributed by atoms with Gasteiger partial charge in [-0.15, -0.1) is 0 Å². The Kier molecular flexibility index (Phi) is 5.60. The molecule has 0 saturated carbocycles. The summed E-state index contributed by atoms with van der Waals surface area (Å²) < 4.78 is 0. The molecule has 1 N–H and O–H groups in total. The molecule has 0 bridgehead atoms. The molecular weight excluding hydrogens is 436 g/mol. The van der Waals surface area contributed by atoms with Gasteiger partial charge in [-0.2, -0.15) is 0 Å². The molecule has 2 aromatic rings. The van der Waals surface area contributed by atoms with Crippen LogP contribution in [0.25, 0.3) is 0 Å². The largest absolute Gasteiger partial charge is 0.325 e. The summed E-state index contributed by atoms with van der Waals surface area (Å²) in [5, 5.41) is 14.3. The van der Waals surface area contributed by atoms with Gasteiger partial charge in [0, 0.05) is 29.4 Å². The number of hydrogen-bond donors (Lipinski definition) is 1. The lowest BCUT2D eigenvalue weighted by Crippen LogP contribution is -2.46. The number of benzene rings is 2. The Morgan fingerprint density at radius 3 is 2.59 bits per heavy atom. The van der Waals surface area contributed by atoms with Crippen LogP contribution in [0, 0.1) is 10.1 Å². The molecule has 0 aromatic heterocycles. The molecule has 2 heterocycles. The van der Waals surface area contributed by atoms with Crippen molar-refractivity contribution in [3.63, 3.8) is 0 Å². The standard InChI is InChI=1S/C22H21ClN4O5/c1-2-22(15-5-7-16(23)8-6-15)20(29)26(21(30)24-22)13-19(28)25-11-3-4-14-12-17(27(31)32)9-10-18(14)25/h5-10,12H,2-4,11,13H2,1H3,(H,24,30). The summed E-state index contributed by atoms with van der Waals surface area (Å²) in [5.41, 5.74) is 0.553. The molecule has 2 aliphatic rings. The first-order valence-corrected chi connectivity index (χ1v) is 10.6. The Morgan fingerprint density at radius 1 is 1.22 bits per heavy atom. The van der Waals surface area contributed by atoms with E-state index < -0.39 is 34.9 Å². The number of carbonyl (C=O) groups excluding carboxylic acids is 3. The Labute approximate surface area is 189 Å². The van der Waals surface area contributed by atoms with E-state index in [9.17, 15) is 24.5 Å². The number of carbonyl (C=O) groups is 3. The van der Waals surface area contributed by atoms with Crippen LogP contribution in [0.4, 0.5) is 16.2 Å². The summed E-state index contributed by atoms with van der Waals surface area (Å²) in [6.07, 6.45) is 1.54. The normalized spacial score (nSPS) is 20.2. The number of halogens is 1. The first-order valence-electron chi connectivity index (χ1n) is 10.2. The van der Waals surface area contributed by atoms with Crippen LogP contribution in [0.1, 0.15) is 30.9 Å². The number of anilines is 1. The number of rotatable bonds is 5. The lowest BCUT2D eigenvalue weighted by atomic mass is 9.87. The Hall–Kier alpha value is -3.46. The van der Waals surface area contributed by atoms with Crippen molar-refractivity contribution in [3.8, 4) is 0 Å². The van der Waals surface area contributed by atoms with Crippen molar-refractivity contribution in [2.75, 3.05) is 18.0 Å². The summed E-state index contributed by atoms with van der Waals surface area (Å²) in [7, 11) is 0. The van der Waals surface area contributed by atoms with Crippen LogP contribution in [0.5, 0.6) is 0 Å². The number of aryl methyl sites for hydroxylation is 1. The molecule has 10 heteroatoms. The van der Waals surface area contributed by atoms with E-state index in [4.69, 9.17) is 11.6 Å². The molecule has 4 amide bonds. The van der Waals surface area contributed by atoms with E-state index in [-0.39, 0.29) is 5.69 Å². The van der Waals surface area contributed by atoms with Gasteiger partial charge in [0.05, 0.1) is 4.92 Å². The summed E-state index contributed by atoms with van der Waals surface area (Å²) >= 11 is 5.95. The van der Waals surface area contributed by atoms with Gasteiger partial charge in [0.2, 0.25) is 5.91 Å². The van der Waals surface area contributed by atoms with Crippen molar-refractivity contribution in [1.82, 2.24) is 10.2 Å². The molecule has 1 fully saturated rings. The van der Waals surface area contributed by atoms with Crippen LogP contribution in [0.15, 0.2) is 42.5 Å². The first-order chi connectivity index (χ1) is 15.3. The highest BCUT2D eigenvalue weighted by Crippen LogP contribution is 2.34. The van der Waals surface area contributed by atoms with Crippen LogP contribution in [0.3, 0.4) is 0 Å². The Bertz CT molecular complexity index is 1120. The second kappa shape index (κ2) is 8.23. The number of hydrogen-bond acceptors (Lipinski definition) is 5. The summed E-state index contributed by atoms with van der Waals surface area (Å²) in [6, 6.07) is 10.4. The van der Waals surface area contributed by atoms with Crippen LogP contribution in [-0.4, -0.2) is 40.8 Å². The van der Waals surface area contributed by atoms with Crippen molar-refractivity contribution in [3.05, 3.63) is 68.7 Å². The number of nitro groups is 1. The maximum absolute atomic E-state index is 13.3. The number of fused-ring (bicyclic) bond motifs is 1. The molecule has 1 unspecified atom stereocenters. The molecule has 2 aliphatic heterocycles. The minimum Gasteiger partial charge on any atom is -0.319 e. The highest BCUT2D eigenvalue weighted by molar-refractivity contribution is 6.30. The molecule has 9 nitrogen and oxygen atoms in total. The Morgan fingerprint density at radius 2 is 1.94 bits per heavy atom. The van der Waals surface area contributed by atoms with Gasteiger partial charge in [0.15, 0.2) is 0 Å². The predicted molar refractivity (Wildman–Crippen MR) is 117 cm³/mol.